The Labute approximate surface area is 108 Å². The van der Waals surface area contributed by atoms with Gasteiger partial charge in [0.25, 0.3) is 0 Å². The van der Waals surface area contributed by atoms with Crippen LogP contribution in [0.25, 0.3) is 0 Å². The van der Waals surface area contributed by atoms with Gasteiger partial charge >= 0.3 is 5.97 Å². The number of aliphatic carboxylic acids is 1. The van der Waals surface area contributed by atoms with Gasteiger partial charge in [-0.05, 0) is 6.07 Å². The van der Waals surface area contributed by atoms with Crippen molar-refractivity contribution in [3.63, 3.8) is 0 Å². The van der Waals surface area contributed by atoms with Crippen LogP contribution in [-0.2, 0) is 14.3 Å². The van der Waals surface area contributed by atoms with Crippen LogP contribution >= 0.6 is 0 Å². The Kier molecular flexibility index (Phi) is 2.75. The Morgan fingerprint density at radius 3 is 2.42 bits per heavy atom. The molecule has 2 aliphatic rings. The highest BCUT2D eigenvalue weighted by molar-refractivity contribution is 5.95. The van der Waals surface area contributed by atoms with E-state index in [1.807, 2.05) is 0 Å². The zero-order valence-electron chi connectivity index (χ0n) is 9.76. The second-order valence-electron chi connectivity index (χ2n) is 4.40. The lowest BCUT2D eigenvalue weighted by Crippen LogP contribution is -2.39. The lowest BCUT2D eigenvalue weighted by Gasteiger charge is -2.20. The standard InChI is InChI=1S/C12H11N3O4/c16-10(15-12-13-4-1-5-14-12)8-6-2-3-7(19-6)9(8)11(17)18/h1-9H,(H,17,18)(H,13,14,15,16)/t6-,7-,8+,9-/m0/s1. The molecule has 19 heavy (non-hydrogen) atoms. The van der Waals surface area contributed by atoms with Gasteiger partial charge in [-0.3, -0.25) is 14.9 Å². The predicted octanol–water partition coefficient (Wildman–Crippen LogP) is 0.0693. The van der Waals surface area contributed by atoms with Gasteiger partial charge in [-0.15, -0.1) is 0 Å². The van der Waals surface area contributed by atoms with Crippen molar-refractivity contribution in [2.75, 3.05) is 5.32 Å². The molecule has 0 unspecified atom stereocenters. The average Bonchev–Trinajstić information content (AvgIpc) is 2.99. The summed E-state index contributed by atoms with van der Waals surface area (Å²) in [6.07, 6.45) is 5.37. The van der Waals surface area contributed by atoms with Crippen molar-refractivity contribution in [1.29, 1.82) is 0 Å². The van der Waals surface area contributed by atoms with Crippen molar-refractivity contribution in [3.05, 3.63) is 30.6 Å². The molecular weight excluding hydrogens is 250 g/mol. The lowest BCUT2D eigenvalue weighted by atomic mass is 9.82. The minimum Gasteiger partial charge on any atom is -0.481 e. The van der Waals surface area contributed by atoms with Crippen LogP contribution < -0.4 is 5.32 Å². The van der Waals surface area contributed by atoms with Crippen LogP contribution in [0.2, 0.25) is 0 Å². The zero-order chi connectivity index (χ0) is 13.4. The molecule has 0 aliphatic carbocycles. The summed E-state index contributed by atoms with van der Waals surface area (Å²) in [7, 11) is 0. The van der Waals surface area contributed by atoms with Crippen LogP contribution in [0, 0.1) is 11.8 Å². The number of carboxylic acid groups (broad SMARTS) is 1. The minimum absolute atomic E-state index is 0.156. The van der Waals surface area contributed by atoms with E-state index in [0.29, 0.717) is 0 Å². The fourth-order valence-electron chi connectivity index (χ4n) is 2.47. The molecule has 4 atom stereocenters. The number of carbonyl (C=O) groups is 2. The summed E-state index contributed by atoms with van der Waals surface area (Å²) in [5, 5.41) is 11.7. The summed E-state index contributed by atoms with van der Waals surface area (Å²) < 4.78 is 5.42. The first-order valence-corrected chi connectivity index (χ1v) is 5.81. The number of carbonyl (C=O) groups excluding carboxylic acids is 1. The quantitative estimate of drug-likeness (QED) is 0.746. The second kappa shape index (κ2) is 4.43. The Bertz CT molecular complexity index is 545. The maximum Gasteiger partial charge on any atom is 0.310 e. The largest absolute Gasteiger partial charge is 0.481 e. The monoisotopic (exact) mass is 261 g/mol. The molecule has 1 aromatic rings. The molecule has 2 N–H and O–H groups in total. The van der Waals surface area contributed by atoms with Gasteiger partial charge in [0, 0.05) is 12.4 Å². The Morgan fingerprint density at radius 2 is 1.79 bits per heavy atom. The van der Waals surface area contributed by atoms with Crippen molar-refractivity contribution >= 4 is 17.8 Å². The van der Waals surface area contributed by atoms with E-state index in [4.69, 9.17) is 4.74 Å². The Morgan fingerprint density at radius 1 is 1.16 bits per heavy atom. The first kappa shape index (κ1) is 11.8. The summed E-state index contributed by atoms with van der Waals surface area (Å²) in [6, 6.07) is 1.62. The van der Waals surface area contributed by atoms with Crippen molar-refractivity contribution in [1.82, 2.24) is 9.97 Å². The number of hydrogen-bond donors (Lipinski definition) is 2. The van der Waals surface area contributed by atoms with E-state index in [1.54, 1.807) is 18.2 Å². The van der Waals surface area contributed by atoms with Gasteiger partial charge in [0.2, 0.25) is 11.9 Å². The van der Waals surface area contributed by atoms with Gasteiger partial charge in [-0.2, -0.15) is 0 Å². The fourth-order valence-corrected chi connectivity index (χ4v) is 2.47. The van der Waals surface area contributed by atoms with Gasteiger partial charge in [-0.25, -0.2) is 9.97 Å². The molecule has 2 aliphatic heterocycles. The van der Waals surface area contributed by atoms with E-state index in [2.05, 4.69) is 15.3 Å². The van der Waals surface area contributed by atoms with Gasteiger partial charge < -0.3 is 9.84 Å². The third kappa shape index (κ3) is 1.97. The number of hydrogen-bond acceptors (Lipinski definition) is 5. The molecule has 3 heterocycles. The molecule has 98 valence electrons. The zero-order valence-corrected chi connectivity index (χ0v) is 9.76. The SMILES string of the molecule is O=C(O)[C@@H]1[C@H](C(=O)Nc2ncccn2)[C@@H]2C=C[C@@H]1O2. The van der Waals surface area contributed by atoms with Crippen LogP contribution in [0.15, 0.2) is 30.6 Å². The number of fused-ring (bicyclic) bond motifs is 2. The van der Waals surface area contributed by atoms with Gasteiger partial charge in [0.15, 0.2) is 0 Å². The van der Waals surface area contributed by atoms with E-state index in [0.717, 1.165) is 0 Å². The van der Waals surface area contributed by atoms with E-state index < -0.39 is 35.9 Å². The number of aromatic nitrogens is 2. The highest BCUT2D eigenvalue weighted by atomic mass is 16.5. The van der Waals surface area contributed by atoms with Gasteiger partial charge in [0.05, 0.1) is 18.1 Å². The molecule has 1 fully saturated rings. The van der Waals surface area contributed by atoms with Crippen LogP contribution in [0.5, 0.6) is 0 Å². The molecule has 0 aromatic carbocycles. The van der Waals surface area contributed by atoms with Crippen molar-refractivity contribution in [2.24, 2.45) is 11.8 Å². The topological polar surface area (TPSA) is 101 Å². The Balaban J connectivity index is 1.79. The molecule has 1 saturated heterocycles. The first-order valence-electron chi connectivity index (χ1n) is 5.81. The normalized spacial score (nSPS) is 31.4. The number of nitrogens with one attached hydrogen (secondary N) is 1. The number of amides is 1. The molecule has 3 rings (SSSR count). The van der Waals surface area contributed by atoms with E-state index in [9.17, 15) is 14.7 Å². The Hall–Kier alpha value is -2.28. The van der Waals surface area contributed by atoms with Crippen molar-refractivity contribution in [3.8, 4) is 0 Å². The summed E-state index contributed by atoms with van der Waals surface area (Å²) in [5.41, 5.74) is 0. The predicted molar refractivity (Wildman–Crippen MR) is 63.1 cm³/mol. The smallest absolute Gasteiger partial charge is 0.310 e. The third-order valence-electron chi connectivity index (χ3n) is 3.29. The molecule has 0 spiro atoms. The van der Waals surface area contributed by atoms with Crippen LogP contribution in [0.4, 0.5) is 5.95 Å². The van der Waals surface area contributed by atoms with E-state index in [1.165, 1.54) is 12.4 Å². The molecule has 7 heteroatoms. The number of rotatable bonds is 3. The summed E-state index contributed by atoms with van der Waals surface area (Å²) >= 11 is 0. The second-order valence-corrected chi connectivity index (χ2v) is 4.40. The van der Waals surface area contributed by atoms with Gasteiger partial charge in [-0.1, -0.05) is 12.2 Å². The van der Waals surface area contributed by atoms with Crippen molar-refractivity contribution < 1.29 is 19.4 Å². The number of ether oxygens (including phenoxy) is 1. The minimum atomic E-state index is -1.04. The molecule has 2 bridgehead atoms. The first-order chi connectivity index (χ1) is 9.16. The third-order valence-corrected chi connectivity index (χ3v) is 3.29. The highest BCUT2D eigenvalue weighted by Crippen LogP contribution is 2.39. The van der Waals surface area contributed by atoms with E-state index >= 15 is 0 Å². The molecule has 0 radical (unpaired) electrons. The van der Waals surface area contributed by atoms with Crippen LogP contribution in [0.3, 0.4) is 0 Å². The van der Waals surface area contributed by atoms with Gasteiger partial charge in [0.1, 0.15) is 5.92 Å². The molecule has 1 aromatic heterocycles. The van der Waals surface area contributed by atoms with Crippen molar-refractivity contribution in [2.45, 2.75) is 12.2 Å². The summed E-state index contributed by atoms with van der Waals surface area (Å²) in [6.45, 7) is 0. The number of carboxylic acids is 1. The van der Waals surface area contributed by atoms with Crippen LogP contribution in [-0.4, -0.2) is 39.2 Å². The lowest BCUT2D eigenvalue weighted by molar-refractivity contribution is -0.145. The molecule has 7 nitrogen and oxygen atoms in total. The number of nitrogens with zero attached hydrogens (tertiary/aromatic N) is 2. The molecule has 1 amide bonds. The maximum absolute atomic E-state index is 12.2. The summed E-state index contributed by atoms with van der Waals surface area (Å²) in [5.74, 6) is -2.93. The maximum atomic E-state index is 12.2. The molecule has 0 saturated carbocycles. The fraction of sp³-hybridized carbons (Fsp3) is 0.333. The van der Waals surface area contributed by atoms with Crippen LogP contribution in [0.1, 0.15) is 0 Å². The molecular formula is C12H11N3O4. The summed E-state index contributed by atoms with van der Waals surface area (Å²) in [4.78, 5) is 31.1. The van der Waals surface area contributed by atoms with E-state index in [-0.39, 0.29) is 5.95 Å². The average molecular weight is 261 g/mol. The highest BCUT2D eigenvalue weighted by Gasteiger charge is 2.53. The number of anilines is 1.